The number of unbranched alkanes of at least 4 members (excludes halogenated alkanes) is 2. The van der Waals surface area contributed by atoms with Gasteiger partial charge in [-0.1, -0.05) is 73.0 Å². The number of carbonyl (C=O) groups excluding carboxylic acids is 2. The lowest BCUT2D eigenvalue weighted by Gasteiger charge is -2.18. The van der Waals surface area contributed by atoms with Crippen LogP contribution in [0.5, 0.6) is 0 Å². The quantitative estimate of drug-likeness (QED) is 0.0829. The Morgan fingerprint density at radius 3 is 2.35 bits per heavy atom. The van der Waals surface area contributed by atoms with E-state index < -0.39 is 4.92 Å². The molecule has 0 aliphatic carbocycles. The van der Waals surface area contributed by atoms with Crippen LogP contribution in [-0.2, 0) is 4.79 Å². The molecule has 2 N–H and O–H groups in total. The van der Waals surface area contributed by atoms with Crippen LogP contribution in [0.2, 0.25) is 0 Å². The lowest BCUT2D eigenvalue weighted by Crippen LogP contribution is -2.25. The summed E-state index contributed by atoms with van der Waals surface area (Å²) in [5, 5.41) is 16.1. The first-order valence-electron chi connectivity index (χ1n) is 13.4. The van der Waals surface area contributed by atoms with Gasteiger partial charge in [0.1, 0.15) is 0 Å². The minimum absolute atomic E-state index is 0.00109. The Bertz CT molecular complexity index is 1500. The molecule has 206 valence electrons. The van der Waals surface area contributed by atoms with Gasteiger partial charge in [-0.25, -0.2) is 0 Å². The number of rotatable bonds is 12. The van der Waals surface area contributed by atoms with Gasteiger partial charge in [0.25, 0.3) is 11.6 Å². The fourth-order valence-corrected chi connectivity index (χ4v) is 5.25. The molecule has 7 nitrogen and oxygen atoms in total. The molecule has 0 bridgehead atoms. The van der Waals surface area contributed by atoms with Crippen molar-refractivity contribution in [1.82, 2.24) is 10.0 Å². The Kier molecular flexibility index (Phi) is 9.91. The number of nitro groups is 1. The van der Waals surface area contributed by atoms with Crippen LogP contribution >= 0.6 is 11.9 Å². The van der Waals surface area contributed by atoms with Crippen LogP contribution in [0, 0.1) is 24.0 Å². The van der Waals surface area contributed by atoms with Crippen molar-refractivity contribution in [3.8, 4) is 0 Å². The molecule has 4 aromatic carbocycles. The van der Waals surface area contributed by atoms with Crippen molar-refractivity contribution in [3.63, 3.8) is 0 Å². The maximum absolute atomic E-state index is 13.3. The summed E-state index contributed by atoms with van der Waals surface area (Å²) in [6, 6.07) is 26.7. The molecular formula is C32H33N3O4S. The molecule has 0 heterocycles. The highest BCUT2D eigenvalue weighted by Gasteiger charge is 2.21. The van der Waals surface area contributed by atoms with Gasteiger partial charge in [0, 0.05) is 28.6 Å². The van der Waals surface area contributed by atoms with E-state index in [1.807, 2.05) is 49.4 Å². The second kappa shape index (κ2) is 13.8. The molecule has 0 saturated heterocycles. The van der Waals surface area contributed by atoms with Crippen LogP contribution in [0.1, 0.15) is 58.6 Å². The molecule has 8 heteroatoms. The Morgan fingerprint density at radius 2 is 1.62 bits per heavy atom. The highest BCUT2D eigenvalue weighted by atomic mass is 32.2. The molecule has 0 radical (unpaired) electrons. The SMILES string of the molecule is Cc1ccc(SNC(=O)C(CCCCCNC(=O)c2ccc([N+](=O)[O-])c(C)c2)c2ccc3ccccc3c2)cc1. The normalized spacial score (nSPS) is 11.7. The van der Waals surface area contributed by atoms with E-state index in [2.05, 4.69) is 34.3 Å². The highest BCUT2D eigenvalue weighted by molar-refractivity contribution is 7.98. The van der Waals surface area contributed by atoms with Gasteiger partial charge < -0.3 is 5.32 Å². The van der Waals surface area contributed by atoms with Crippen molar-refractivity contribution in [2.75, 3.05) is 6.54 Å². The van der Waals surface area contributed by atoms with E-state index in [9.17, 15) is 19.7 Å². The van der Waals surface area contributed by atoms with Crippen LogP contribution in [-0.4, -0.2) is 23.3 Å². The molecule has 40 heavy (non-hydrogen) atoms. The Balaban J connectivity index is 1.32. The second-order valence-electron chi connectivity index (χ2n) is 9.90. The van der Waals surface area contributed by atoms with Crippen LogP contribution < -0.4 is 10.0 Å². The minimum Gasteiger partial charge on any atom is -0.352 e. The molecule has 0 aromatic heterocycles. The Morgan fingerprint density at radius 1 is 0.875 bits per heavy atom. The molecule has 0 fully saturated rings. The molecule has 0 spiro atoms. The predicted octanol–water partition coefficient (Wildman–Crippen LogP) is 7.26. The number of aryl methyl sites for hydroxylation is 2. The third kappa shape index (κ3) is 7.70. The zero-order chi connectivity index (χ0) is 28.5. The van der Waals surface area contributed by atoms with Crippen LogP contribution in [0.3, 0.4) is 0 Å². The predicted molar refractivity (Wildman–Crippen MR) is 161 cm³/mol. The summed E-state index contributed by atoms with van der Waals surface area (Å²) in [5.74, 6) is -0.567. The van der Waals surface area contributed by atoms with Crippen LogP contribution in [0.25, 0.3) is 10.8 Å². The molecule has 2 amide bonds. The number of carbonyl (C=O) groups is 2. The zero-order valence-corrected chi connectivity index (χ0v) is 23.5. The smallest absolute Gasteiger partial charge is 0.272 e. The third-order valence-electron chi connectivity index (χ3n) is 6.89. The van der Waals surface area contributed by atoms with Gasteiger partial charge in [0.2, 0.25) is 5.91 Å². The fraction of sp³-hybridized carbons (Fsp3) is 0.250. The molecule has 4 rings (SSSR count). The van der Waals surface area contributed by atoms with Crippen LogP contribution in [0.15, 0.2) is 89.8 Å². The average molecular weight is 556 g/mol. The molecular weight excluding hydrogens is 522 g/mol. The summed E-state index contributed by atoms with van der Waals surface area (Å²) < 4.78 is 3.04. The van der Waals surface area contributed by atoms with Gasteiger partial charge >= 0.3 is 0 Å². The van der Waals surface area contributed by atoms with Crippen molar-refractivity contribution in [3.05, 3.63) is 117 Å². The number of fused-ring (bicyclic) bond motifs is 1. The zero-order valence-electron chi connectivity index (χ0n) is 22.7. The van der Waals surface area contributed by atoms with E-state index in [4.69, 9.17) is 0 Å². The second-order valence-corrected chi connectivity index (χ2v) is 10.8. The molecule has 1 atom stereocenters. The van der Waals surface area contributed by atoms with E-state index in [0.717, 1.165) is 40.5 Å². The van der Waals surface area contributed by atoms with Crippen molar-refractivity contribution < 1.29 is 14.5 Å². The van der Waals surface area contributed by atoms with Crippen molar-refractivity contribution >= 4 is 40.2 Å². The molecule has 0 aliphatic rings. The van der Waals surface area contributed by atoms with E-state index in [-0.39, 0.29) is 23.4 Å². The molecule has 1 unspecified atom stereocenters. The first-order chi connectivity index (χ1) is 19.3. The van der Waals surface area contributed by atoms with Gasteiger partial charge in [-0.05, 0) is 79.2 Å². The lowest BCUT2D eigenvalue weighted by atomic mass is 9.91. The first-order valence-corrected chi connectivity index (χ1v) is 14.2. The van der Waals surface area contributed by atoms with E-state index in [1.165, 1.54) is 35.7 Å². The Labute approximate surface area is 238 Å². The number of hydrogen-bond donors (Lipinski definition) is 2. The Hall–Kier alpha value is -4.17. The number of nitrogens with one attached hydrogen (secondary N) is 2. The maximum atomic E-state index is 13.3. The summed E-state index contributed by atoms with van der Waals surface area (Å²) in [5.41, 5.74) is 3.02. The summed E-state index contributed by atoms with van der Waals surface area (Å²) in [4.78, 5) is 37.4. The van der Waals surface area contributed by atoms with Gasteiger partial charge in [-0.2, -0.15) is 0 Å². The summed E-state index contributed by atoms with van der Waals surface area (Å²) in [6.45, 7) is 4.14. The molecule has 0 aliphatic heterocycles. The van der Waals surface area contributed by atoms with Gasteiger partial charge in [-0.15, -0.1) is 0 Å². The van der Waals surface area contributed by atoms with Gasteiger partial charge in [-0.3, -0.25) is 24.4 Å². The summed E-state index contributed by atoms with van der Waals surface area (Å²) >= 11 is 1.33. The molecule has 4 aromatic rings. The number of nitrogens with zero attached hydrogens (tertiary/aromatic N) is 1. The van der Waals surface area contributed by atoms with Crippen LogP contribution in [0.4, 0.5) is 5.69 Å². The summed E-state index contributed by atoms with van der Waals surface area (Å²) in [6.07, 6.45) is 3.13. The third-order valence-corrected chi connectivity index (χ3v) is 7.70. The van der Waals surface area contributed by atoms with Gasteiger partial charge in [0.15, 0.2) is 0 Å². The average Bonchev–Trinajstić information content (AvgIpc) is 2.95. The largest absolute Gasteiger partial charge is 0.352 e. The maximum Gasteiger partial charge on any atom is 0.272 e. The number of nitro benzene ring substituents is 1. The van der Waals surface area contributed by atoms with E-state index in [1.54, 1.807) is 6.92 Å². The molecule has 0 saturated carbocycles. The standard InChI is InChI=1S/C32H33N3O4S/c1-22-11-16-28(17-12-22)40-34-32(37)29(26-14-13-24-8-5-6-9-25(24)21-26)10-4-3-7-19-33-31(36)27-15-18-30(35(38)39)23(2)20-27/h5-6,8-9,11-18,20-21,29H,3-4,7,10,19H2,1-2H3,(H,33,36)(H,34,37). The number of hydrogen-bond acceptors (Lipinski definition) is 5. The van der Waals surface area contributed by atoms with Gasteiger partial charge in [0.05, 0.1) is 10.8 Å². The summed E-state index contributed by atoms with van der Waals surface area (Å²) in [7, 11) is 0. The van der Waals surface area contributed by atoms with Crippen molar-refractivity contribution in [1.29, 1.82) is 0 Å². The van der Waals surface area contributed by atoms with E-state index in [0.29, 0.717) is 24.1 Å². The minimum atomic E-state index is -0.455. The lowest BCUT2D eigenvalue weighted by molar-refractivity contribution is -0.385. The fourth-order valence-electron chi connectivity index (χ4n) is 4.62. The highest BCUT2D eigenvalue weighted by Crippen LogP contribution is 2.28. The van der Waals surface area contributed by atoms with Crippen molar-refractivity contribution in [2.24, 2.45) is 0 Å². The number of benzene rings is 4. The number of amides is 2. The monoisotopic (exact) mass is 555 g/mol. The first kappa shape index (κ1) is 28.8. The topological polar surface area (TPSA) is 101 Å². The van der Waals surface area contributed by atoms with E-state index >= 15 is 0 Å². The van der Waals surface area contributed by atoms with Crippen molar-refractivity contribution in [2.45, 2.75) is 50.3 Å².